The Morgan fingerprint density at radius 1 is 0.860 bits per heavy atom. The van der Waals surface area contributed by atoms with E-state index in [9.17, 15) is 8.42 Å². The van der Waals surface area contributed by atoms with E-state index in [1.165, 1.54) is 0 Å². The van der Waals surface area contributed by atoms with Gasteiger partial charge in [-0.1, -0.05) is 79.7 Å². The van der Waals surface area contributed by atoms with Crippen LogP contribution in [0.3, 0.4) is 0 Å². The lowest BCUT2D eigenvalue weighted by molar-refractivity contribution is -0.652. The Bertz CT molecular complexity index is 1870. The van der Waals surface area contributed by atoms with E-state index in [1.54, 1.807) is 6.92 Å². The van der Waals surface area contributed by atoms with Crippen LogP contribution < -0.4 is 19.7 Å². The molecule has 4 aromatic carbocycles. The van der Waals surface area contributed by atoms with Crippen molar-refractivity contribution in [1.29, 1.82) is 0 Å². The number of fused-ring (bicyclic) bond motifs is 2. The normalized spacial score (nSPS) is 13.9. The molecule has 5 aromatic rings. The first-order valence-corrected chi connectivity index (χ1v) is 16.0. The van der Waals surface area contributed by atoms with E-state index in [-0.39, 0.29) is 5.75 Å². The second kappa shape index (κ2) is 12.4. The van der Waals surface area contributed by atoms with Gasteiger partial charge in [-0.2, -0.15) is 22.7 Å². The van der Waals surface area contributed by atoms with Gasteiger partial charge in [0.2, 0.25) is 11.5 Å². The predicted molar refractivity (Wildman–Crippen MR) is 168 cm³/mol. The van der Waals surface area contributed by atoms with E-state index < -0.39 is 10.1 Å². The lowest BCUT2D eigenvalue weighted by atomic mass is 10.0. The molecule has 1 N–H and O–H groups in total. The van der Waals surface area contributed by atoms with Crippen molar-refractivity contribution in [3.8, 4) is 28.0 Å². The van der Waals surface area contributed by atoms with Crippen molar-refractivity contribution in [1.82, 2.24) is 5.48 Å². The van der Waals surface area contributed by atoms with Gasteiger partial charge >= 0.3 is 5.89 Å². The molecule has 0 unspecified atom stereocenters. The highest BCUT2D eigenvalue weighted by Crippen LogP contribution is 2.42. The lowest BCUT2D eigenvalue weighted by Crippen LogP contribution is -2.30. The van der Waals surface area contributed by atoms with Crippen LogP contribution in [0.2, 0.25) is 0 Å². The number of rotatable bonds is 11. The molecule has 0 bridgehead atoms. The average Bonchev–Trinajstić information content (AvgIpc) is 3.54. The van der Waals surface area contributed by atoms with Crippen LogP contribution >= 0.6 is 0 Å². The second-order valence-electron chi connectivity index (χ2n) is 10.4. The molecule has 43 heavy (non-hydrogen) atoms. The van der Waals surface area contributed by atoms with Crippen LogP contribution in [-0.4, -0.2) is 27.3 Å². The third kappa shape index (κ3) is 6.34. The third-order valence-electron chi connectivity index (χ3n) is 7.41. The Balaban J connectivity index is 1.31. The number of nitrogens with zero attached hydrogens (tertiary/aromatic N) is 2. The van der Waals surface area contributed by atoms with E-state index in [2.05, 4.69) is 52.8 Å². The standard InChI is InChI=1S/C34H34N3O5S/c1-3-35-42-43(38,39)21-11-10-20-37-30-23-28(26-14-8-5-9-15-26)17-19-32(30)41-34(37)24-33-36(2)29-22-27(16-18-31(29)40-33)25-12-6-4-7-13-25/h4-9,12-19,22-24,35H,3,10-11,20-21H2,1-2H3/q+1. The number of anilines is 1. The van der Waals surface area contributed by atoms with Gasteiger partial charge in [0, 0.05) is 19.2 Å². The van der Waals surface area contributed by atoms with Gasteiger partial charge in [0.05, 0.1) is 11.4 Å². The number of aromatic nitrogens is 1. The minimum atomic E-state index is -3.64. The molecule has 0 radical (unpaired) electrons. The maximum atomic E-state index is 12.2. The summed E-state index contributed by atoms with van der Waals surface area (Å²) in [7, 11) is -1.67. The van der Waals surface area contributed by atoms with Crippen molar-refractivity contribution in [2.45, 2.75) is 19.8 Å². The van der Waals surface area contributed by atoms with Crippen LogP contribution in [0, 0.1) is 0 Å². The Hall–Kier alpha value is -4.44. The molecular formula is C34H34N3O5S+. The highest BCUT2D eigenvalue weighted by molar-refractivity contribution is 7.86. The van der Waals surface area contributed by atoms with Crippen LogP contribution in [0.4, 0.5) is 5.69 Å². The van der Waals surface area contributed by atoms with Crippen molar-refractivity contribution in [3.05, 3.63) is 109 Å². The third-order valence-corrected chi connectivity index (χ3v) is 8.57. The number of benzene rings is 4. The van der Waals surface area contributed by atoms with Gasteiger partial charge < -0.3 is 14.1 Å². The number of oxazole rings is 1. The first kappa shape index (κ1) is 28.7. The average molecular weight is 597 g/mol. The Labute approximate surface area is 251 Å². The number of aryl methyl sites for hydroxylation is 1. The molecule has 1 aliphatic rings. The first-order chi connectivity index (χ1) is 20.9. The van der Waals surface area contributed by atoms with E-state index in [4.69, 9.17) is 13.4 Å². The van der Waals surface area contributed by atoms with Gasteiger partial charge in [-0.3, -0.25) is 0 Å². The summed E-state index contributed by atoms with van der Waals surface area (Å²) >= 11 is 0. The number of nitrogens with one attached hydrogen (secondary N) is 1. The molecule has 0 fully saturated rings. The molecule has 0 saturated heterocycles. The Morgan fingerprint density at radius 3 is 2.23 bits per heavy atom. The molecule has 9 heteroatoms. The molecule has 2 heterocycles. The van der Waals surface area contributed by atoms with Gasteiger partial charge in [0.1, 0.15) is 13.1 Å². The second-order valence-corrected chi connectivity index (χ2v) is 12.1. The van der Waals surface area contributed by atoms with Gasteiger partial charge in [0.15, 0.2) is 5.75 Å². The summed E-state index contributed by atoms with van der Waals surface area (Å²) in [5.41, 5.74) is 9.50. The van der Waals surface area contributed by atoms with Crippen LogP contribution in [0.25, 0.3) is 39.4 Å². The summed E-state index contributed by atoms with van der Waals surface area (Å²) in [6.45, 7) is 2.74. The predicted octanol–water partition coefficient (Wildman–Crippen LogP) is 6.44. The van der Waals surface area contributed by atoms with Crippen molar-refractivity contribution in [2.75, 3.05) is 23.7 Å². The van der Waals surface area contributed by atoms with Crippen molar-refractivity contribution < 1.29 is 26.4 Å². The number of unbranched alkanes of at least 4 members (excludes halogenated alkanes) is 1. The Kier molecular flexibility index (Phi) is 8.29. The monoisotopic (exact) mass is 596 g/mol. The van der Waals surface area contributed by atoms with Crippen LogP contribution in [-0.2, 0) is 21.4 Å². The fourth-order valence-corrected chi connectivity index (χ4v) is 6.13. The van der Waals surface area contributed by atoms with E-state index in [1.807, 2.05) is 72.3 Å². The molecular weight excluding hydrogens is 562 g/mol. The van der Waals surface area contributed by atoms with E-state index >= 15 is 0 Å². The number of hydrogen-bond donors (Lipinski definition) is 1. The van der Waals surface area contributed by atoms with E-state index in [0.717, 1.165) is 44.8 Å². The Morgan fingerprint density at radius 2 is 1.53 bits per heavy atom. The molecule has 0 aliphatic carbocycles. The zero-order valence-corrected chi connectivity index (χ0v) is 25.0. The number of hydroxylamine groups is 1. The van der Waals surface area contributed by atoms with Crippen LogP contribution in [0.1, 0.15) is 25.7 Å². The molecule has 6 rings (SSSR count). The zero-order valence-electron chi connectivity index (χ0n) is 24.2. The van der Waals surface area contributed by atoms with Gasteiger partial charge in [-0.25, -0.2) is 0 Å². The lowest BCUT2D eigenvalue weighted by Gasteiger charge is -2.18. The number of ether oxygens (including phenoxy) is 1. The van der Waals surface area contributed by atoms with Crippen molar-refractivity contribution in [3.63, 3.8) is 0 Å². The highest BCUT2D eigenvalue weighted by atomic mass is 32.2. The first-order valence-electron chi connectivity index (χ1n) is 14.4. The number of hydrogen-bond acceptors (Lipinski definition) is 7. The highest BCUT2D eigenvalue weighted by Gasteiger charge is 2.30. The maximum Gasteiger partial charge on any atom is 0.379 e. The smallest absolute Gasteiger partial charge is 0.379 e. The van der Waals surface area contributed by atoms with Crippen molar-refractivity contribution >= 4 is 33.0 Å². The summed E-state index contributed by atoms with van der Waals surface area (Å²) in [5, 5.41) is 0. The molecule has 1 aromatic heterocycles. The van der Waals surface area contributed by atoms with Crippen LogP contribution in [0.5, 0.6) is 5.75 Å². The molecule has 0 spiro atoms. The minimum absolute atomic E-state index is 0.0765. The fourth-order valence-electron chi connectivity index (χ4n) is 5.20. The summed E-state index contributed by atoms with van der Waals surface area (Å²) in [5.74, 6) is 1.91. The minimum Gasteiger partial charge on any atom is -0.438 e. The summed E-state index contributed by atoms with van der Waals surface area (Å²) in [6, 6.07) is 32.7. The summed E-state index contributed by atoms with van der Waals surface area (Å²) < 4.78 is 43.8. The maximum absolute atomic E-state index is 12.2. The molecule has 0 saturated carbocycles. The fraction of sp³-hybridized carbons (Fsp3) is 0.206. The SMILES string of the molecule is CCNOS(=O)(=O)CCCCN1C(=Cc2oc3ccc(-c4ccccc4)cc3[n+]2C)Oc2ccc(-c3ccccc3)cc21. The topological polar surface area (TPSA) is 84.9 Å². The van der Waals surface area contributed by atoms with Gasteiger partial charge in [-0.15, -0.1) is 0 Å². The molecule has 0 amide bonds. The van der Waals surface area contributed by atoms with Crippen LogP contribution in [0.15, 0.2) is 107 Å². The zero-order chi connectivity index (χ0) is 29.8. The summed E-state index contributed by atoms with van der Waals surface area (Å²) in [6.07, 6.45) is 2.94. The van der Waals surface area contributed by atoms with E-state index in [0.29, 0.717) is 37.7 Å². The molecule has 0 atom stereocenters. The quantitative estimate of drug-likeness (QED) is 0.107. The van der Waals surface area contributed by atoms with Crippen molar-refractivity contribution in [2.24, 2.45) is 7.05 Å². The summed E-state index contributed by atoms with van der Waals surface area (Å²) in [4.78, 5) is 2.09. The molecule has 1 aliphatic heterocycles. The van der Waals surface area contributed by atoms with Gasteiger partial charge in [0.25, 0.3) is 15.6 Å². The molecule has 220 valence electrons. The van der Waals surface area contributed by atoms with Gasteiger partial charge in [-0.05, 0) is 53.3 Å². The molecule has 8 nitrogen and oxygen atoms in total. The largest absolute Gasteiger partial charge is 0.438 e.